The Balaban J connectivity index is 1.69. The number of hydrogen-bond acceptors (Lipinski definition) is 4. The van der Waals surface area contributed by atoms with Crippen molar-refractivity contribution in [3.05, 3.63) is 69.7 Å². The number of benzene rings is 2. The van der Waals surface area contributed by atoms with Crippen LogP contribution in [-0.2, 0) is 0 Å². The lowest BCUT2D eigenvalue weighted by Crippen LogP contribution is -2.14. The molecule has 0 atom stereocenters. The van der Waals surface area contributed by atoms with Crippen LogP contribution in [0.3, 0.4) is 0 Å². The number of amides is 2. The maximum Gasteiger partial charge on any atom is 0.259 e. The minimum absolute atomic E-state index is 0.000576. The molecular formula is C16H11Cl2N5O2. The summed E-state index contributed by atoms with van der Waals surface area (Å²) >= 11 is 11.9. The third-order valence-corrected chi connectivity index (χ3v) is 3.84. The lowest BCUT2D eigenvalue weighted by Gasteiger charge is -2.03. The summed E-state index contributed by atoms with van der Waals surface area (Å²) in [5.41, 5.74) is 0.581. The van der Waals surface area contributed by atoms with Crippen LogP contribution in [0.15, 0.2) is 48.5 Å². The Morgan fingerprint density at radius 3 is 1.92 bits per heavy atom. The van der Waals surface area contributed by atoms with Gasteiger partial charge in [-0.3, -0.25) is 20.2 Å². The minimum Gasteiger partial charge on any atom is -0.291 e. The van der Waals surface area contributed by atoms with Crippen LogP contribution < -0.4 is 10.6 Å². The number of hydrogen-bond donors (Lipinski definition) is 3. The number of aromatic amines is 1. The standard InChI is InChI=1S/C16H11Cl2N5O2/c17-11-7-3-1-5-9(11)13(24)19-15-21-16(23-22-15)20-14(25)10-6-2-4-8-12(10)18/h1-8H,(H3,19,20,21,22,23,24,25). The van der Waals surface area contributed by atoms with Gasteiger partial charge in [0.2, 0.25) is 5.95 Å². The number of aromatic nitrogens is 3. The Labute approximate surface area is 152 Å². The summed E-state index contributed by atoms with van der Waals surface area (Å²) in [6.07, 6.45) is 0. The van der Waals surface area contributed by atoms with Gasteiger partial charge in [-0.05, 0) is 24.3 Å². The van der Waals surface area contributed by atoms with Crippen LogP contribution >= 0.6 is 23.2 Å². The van der Waals surface area contributed by atoms with Crippen molar-refractivity contribution in [2.24, 2.45) is 0 Å². The fourth-order valence-electron chi connectivity index (χ4n) is 2.01. The van der Waals surface area contributed by atoms with Crippen molar-refractivity contribution in [2.45, 2.75) is 0 Å². The molecule has 0 radical (unpaired) electrons. The summed E-state index contributed by atoms with van der Waals surface area (Å²) in [5.74, 6) is -0.849. The molecule has 126 valence electrons. The quantitative estimate of drug-likeness (QED) is 0.648. The predicted molar refractivity (Wildman–Crippen MR) is 95.2 cm³/mol. The second-order valence-electron chi connectivity index (χ2n) is 4.88. The molecule has 2 aromatic carbocycles. The van der Waals surface area contributed by atoms with Crippen molar-refractivity contribution in [1.82, 2.24) is 15.2 Å². The van der Waals surface area contributed by atoms with Gasteiger partial charge in [-0.25, -0.2) is 5.10 Å². The summed E-state index contributed by atoms with van der Waals surface area (Å²) in [5, 5.41) is 12.0. The Kier molecular flexibility index (Phi) is 4.97. The molecule has 0 unspecified atom stereocenters. The van der Waals surface area contributed by atoms with E-state index >= 15 is 0 Å². The van der Waals surface area contributed by atoms with Gasteiger partial charge >= 0.3 is 0 Å². The largest absolute Gasteiger partial charge is 0.291 e. The van der Waals surface area contributed by atoms with Gasteiger partial charge in [0.05, 0.1) is 21.2 Å². The van der Waals surface area contributed by atoms with Crippen molar-refractivity contribution in [3.63, 3.8) is 0 Å². The van der Waals surface area contributed by atoms with Crippen LogP contribution in [0.1, 0.15) is 20.7 Å². The summed E-state index contributed by atoms with van der Waals surface area (Å²) in [6.45, 7) is 0. The van der Waals surface area contributed by atoms with Gasteiger partial charge in [0.1, 0.15) is 0 Å². The molecule has 25 heavy (non-hydrogen) atoms. The Morgan fingerprint density at radius 2 is 1.36 bits per heavy atom. The van der Waals surface area contributed by atoms with E-state index in [1.165, 1.54) is 0 Å². The average Bonchev–Trinajstić information content (AvgIpc) is 3.02. The highest BCUT2D eigenvalue weighted by atomic mass is 35.5. The van der Waals surface area contributed by atoms with E-state index in [0.29, 0.717) is 15.6 Å². The van der Waals surface area contributed by atoms with Crippen molar-refractivity contribution < 1.29 is 9.59 Å². The molecule has 0 saturated carbocycles. The first-order valence-electron chi connectivity index (χ1n) is 7.09. The third-order valence-electron chi connectivity index (χ3n) is 3.18. The molecule has 0 aliphatic heterocycles. The number of H-pyrrole nitrogens is 1. The van der Waals surface area contributed by atoms with Gasteiger partial charge in [-0.2, -0.15) is 4.98 Å². The minimum atomic E-state index is -0.464. The normalized spacial score (nSPS) is 10.3. The maximum atomic E-state index is 12.1. The van der Waals surface area contributed by atoms with E-state index in [-0.39, 0.29) is 17.5 Å². The van der Waals surface area contributed by atoms with E-state index in [4.69, 9.17) is 23.2 Å². The highest BCUT2D eigenvalue weighted by Crippen LogP contribution is 2.18. The summed E-state index contributed by atoms with van der Waals surface area (Å²) < 4.78 is 0. The molecule has 9 heteroatoms. The number of anilines is 2. The molecule has 0 spiro atoms. The van der Waals surface area contributed by atoms with E-state index in [0.717, 1.165) is 0 Å². The van der Waals surface area contributed by atoms with Gasteiger partial charge in [0, 0.05) is 0 Å². The second-order valence-corrected chi connectivity index (χ2v) is 5.69. The van der Waals surface area contributed by atoms with Gasteiger partial charge in [0.15, 0.2) is 0 Å². The summed E-state index contributed by atoms with van der Waals surface area (Å²) in [6, 6.07) is 13.2. The van der Waals surface area contributed by atoms with Gasteiger partial charge in [-0.1, -0.05) is 47.5 Å². The van der Waals surface area contributed by atoms with Crippen LogP contribution in [-0.4, -0.2) is 27.0 Å². The zero-order valence-corrected chi connectivity index (χ0v) is 14.1. The number of carbonyl (C=O) groups excluding carboxylic acids is 2. The molecule has 1 heterocycles. The van der Waals surface area contributed by atoms with Crippen LogP contribution in [0, 0.1) is 0 Å². The summed E-state index contributed by atoms with van der Waals surface area (Å²) in [7, 11) is 0. The monoisotopic (exact) mass is 375 g/mol. The molecule has 2 amide bonds. The number of halogens is 2. The number of rotatable bonds is 4. The molecule has 0 saturated heterocycles. The zero-order valence-electron chi connectivity index (χ0n) is 12.6. The SMILES string of the molecule is O=C(Nc1n[nH]c(NC(=O)c2ccccc2Cl)n1)c1ccccc1Cl. The van der Waals surface area contributed by atoms with E-state index in [9.17, 15) is 9.59 Å². The number of nitrogens with one attached hydrogen (secondary N) is 3. The summed E-state index contributed by atoms with van der Waals surface area (Å²) in [4.78, 5) is 28.3. The van der Waals surface area contributed by atoms with Crippen LogP contribution in [0.5, 0.6) is 0 Å². The smallest absolute Gasteiger partial charge is 0.259 e. The molecule has 0 aliphatic rings. The van der Waals surface area contributed by atoms with Gasteiger partial charge < -0.3 is 0 Å². The van der Waals surface area contributed by atoms with E-state index < -0.39 is 11.8 Å². The Bertz CT molecular complexity index is 868. The molecular weight excluding hydrogens is 365 g/mol. The van der Waals surface area contributed by atoms with Gasteiger partial charge in [-0.15, -0.1) is 5.10 Å². The van der Waals surface area contributed by atoms with E-state index in [1.807, 2.05) is 0 Å². The highest BCUT2D eigenvalue weighted by molar-refractivity contribution is 6.34. The molecule has 0 fully saturated rings. The van der Waals surface area contributed by atoms with Crippen LogP contribution in [0.2, 0.25) is 10.0 Å². The second kappa shape index (κ2) is 7.33. The zero-order chi connectivity index (χ0) is 17.8. The Morgan fingerprint density at radius 1 is 0.840 bits per heavy atom. The third kappa shape index (κ3) is 3.96. The van der Waals surface area contributed by atoms with Crippen molar-refractivity contribution in [2.75, 3.05) is 10.6 Å². The predicted octanol–water partition coefficient (Wildman–Crippen LogP) is 3.62. The first-order chi connectivity index (χ1) is 12.0. The van der Waals surface area contributed by atoms with E-state index in [2.05, 4.69) is 25.8 Å². The fraction of sp³-hybridized carbons (Fsp3) is 0. The first-order valence-corrected chi connectivity index (χ1v) is 7.84. The molecule has 0 bridgehead atoms. The van der Waals surface area contributed by atoms with E-state index in [1.54, 1.807) is 48.5 Å². The first kappa shape index (κ1) is 16.9. The maximum absolute atomic E-state index is 12.1. The molecule has 0 aliphatic carbocycles. The lowest BCUT2D eigenvalue weighted by atomic mass is 10.2. The highest BCUT2D eigenvalue weighted by Gasteiger charge is 2.15. The molecule has 3 N–H and O–H groups in total. The van der Waals surface area contributed by atoms with Crippen molar-refractivity contribution in [1.29, 1.82) is 0 Å². The molecule has 3 aromatic rings. The molecule has 1 aromatic heterocycles. The number of nitrogens with zero attached hydrogens (tertiary/aromatic N) is 2. The van der Waals surface area contributed by atoms with Crippen molar-refractivity contribution >= 4 is 46.9 Å². The molecule has 3 rings (SSSR count). The topological polar surface area (TPSA) is 99.8 Å². The fourth-order valence-corrected chi connectivity index (χ4v) is 2.45. The van der Waals surface area contributed by atoms with Gasteiger partial charge in [0.25, 0.3) is 17.8 Å². The van der Waals surface area contributed by atoms with Crippen LogP contribution in [0.25, 0.3) is 0 Å². The number of carbonyl (C=O) groups is 2. The Hall–Kier alpha value is -2.90. The lowest BCUT2D eigenvalue weighted by molar-refractivity contribution is 0.101. The average molecular weight is 376 g/mol. The van der Waals surface area contributed by atoms with Crippen molar-refractivity contribution in [3.8, 4) is 0 Å². The van der Waals surface area contributed by atoms with Crippen LogP contribution in [0.4, 0.5) is 11.9 Å². The molecule has 7 nitrogen and oxygen atoms in total.